The van der Waals surface area contributed by atoms with Gasteiger partial charge in [0.2, 0.25) is 0 Å². The number of benzene rings is 23. The van der Waals surface area contributed by atoms with Crippen LogP contribution >= 0.6 is 0 Å². The van der Waals surface area contributed by atoms with Gasteiger partial charge >= 0.3 is 0 Å². The van der Waals surface area contributed by atoms with Gasteiger partial charge in [-0.3, -0.25) is 0 Å². The van der Waals surface area contributed by atoms with Crippen LogP contribution in [0.3, 0.4) is 0 Å². The molecule has 0 aliphatic heterocycles. The maximum Gasteiger partial charge on any atom is 0.0165 e. The number of hydrogen-bond donors (Lipinski definition) is 0. The standard InChI is InChI=1S/C69H52.C63H42/c1-67(2)59-21-13-11-17-49(59)51-31-28-47(39-62(51)67)65-53-19-9-10-20-54(53)66(48-29-32-52-50-18-12-14-22-60(50)68(3,4)63(52)40-48)58-37-45(27-33-55(58)65)41-23-25-42(26-24-41)46-30-34-61-56(36-46)57-35-43-15-7-8-16-44(43)38-64(57)69(61,5)6;1-63(2)58-34-32-46(38-57(58)61-51-19-9-7-17-49(51)50-18-8-12-22-55(50)62(61)63)42-25-23-41(24-26-42)45-31-33-54-56(37-45)60(48-30-28-40-14-4-6-16-44(40)36-48)53-21-11-10-20-52(53)59(54)47-29-27-39-13-3-5-15-43(39)35-47/h7-40H,1-6H3;3-38H,1-2H3. The first-order valence-corrected chi connectivity index (χ1v) is 46.9. The van der Waals surface area contributed by atoms with E-state index in [4.69, 9.17) is 0 Å². The molecule has 622 valence electrons. The molecule has 0 spiro atoms. The third-order valence-corrected chi connectivity index (χ3v) is 31.0. The van der Waals surface area contributed by atoms with Gasteiger partial charge in [-0.05, 0) is 336 Å². The van der Waals surface area contributed by atoms with Crippen LogP contribution in [0.1, 0.15) is 99.9 Å². The molecule has 0 heterocycles. The lowest BCUT2D eigenvalue weighted by Gasteiger charge is -2.24. The van der Waals surface area contributed by atoms with Crippen LogP contribution < -0.4 is 0 Å². The molecule has 0 nitrogen and oxygen atoms in total. The second-order valence-corrected chi connectivity index (χ2v) is 39.6. The van der Waals surface area contributed by atoms with Crippen molar-refractivity contribution in [1.29, 1.82) is 0 Å². The van der Waals surface area contributed by atoms with Gasteiger partial charge in [0.1, 0.15) is 0 Å². The van der Waals surface area contributed by atoms with Crippen molar-refractivity contribution < 1.29 is 0 Å². The summed E-state index contributed by atoms with van der Waals surface area (Å²) in [6, 6.07) is 161. The Hall–Kier alpha value is -15.6. The number of hydrogen-bond acceptors (Lipinski definition) is 0. The zero-order valence-electron chi connectivity index (χ0n) is 75.4. The van der Waals surface area contributed by atoms with Crippen molar-refractivity contribution in [3.05, 3.63) is 469 Å². The summed E-state index contributed by atoms with van der Waals surface area (Å²) >= 11 is 0. The molecule has 4 aliphatic carbocycles. The lowest BCUT2D eigenvalue weighted by atomic mass is 9.79. The van der Waals surface area contributed by atoms with Crippen LogP contribution in [0.15, 0.2) is 425 Å². The Balaban J connectivity index is 0.000000139. The molecule has 0 bridgehead atoms. The molecule has 27 rings (SSSR count). The molecular weight excluding hydrogens is 1590 g/mol. The molecule has 4 aliphatic rings. The highest BCUT2D eigenvalue weighted by Gasteiger charge is 2.42. The Morgan fingerprint density at radius 2 is 0.386 bits per heavy atom. The maximum atomic E-state index is 2.51. The highest BCUT2D eigenvalue weighted by Crippen LogP contribution is 2.59. The SMILES string of the molecule is CC1(C)c2ccc(-c3ccc(-c4ccc5c(-c6ccc7ccccc7c6)c6ccccc6c(-c6ccc7ccccc7c6)c5c4)cc3)cc2-c2c1c1ccccc1c1ccccc21.CC1(C)c2ccccc2-c2ccc(-c3c4ccccc4c(-c4ccc5c(c4)C(C)(C)c4ccccc4-5)c4cc(-c5ccc(-c6ccc7c(c6)-c6cc8ccccc8cc6C7(C)C)cc5)ccc34)cc21. The smallest absolute Gasteiger partial charge is 0.0165 e. The summed E-state index contributed by atoms with van der Waals surface area (Å²) < 4.78 is 0. The predicted octanol–water partition coefficient (Wildman–Crippen LogP) is 36.3. The largest absolute Gasteiger partial charge is 0.0619 e. The Morgan fingerprint density at radius 3 is 0.833 bits per heavy atom. The van der Waals surface area contributed by atoms with E-state index in [9.17, 15) is 0 Å². The van der Waals surface area contributed by atoms with Gasteiger partial charge in [-0.2, -0.15) is 0 Å². The van der Waals surface area contributed by atoms with E-state index < -0.39 is 0 Å². The molecule has 0 saturated heterocycles. The maximum absolute atomic E-state index is 2.51. The van der Waals surface area contributed by atoms with E-state index >= 15 is 0 Å². The van der Waals surface area contributed by atoms with E-state index in [1.807, 2.05) is 0 Å². The van der Waals surface area contributed by atoms with Gasteiger partial charge in [-0.1, -0.05) is 419 Å². The molecule has 0 fully saturated rings. The fraction of sp³-hybridized carbons (Fsp3) is 0.0909. The van der Waals surface area contributed by atoms with Crippen molar-refractivity contribution in [1.82, 2.24) is 0 Å². The van der Waals surface area contributed by atoms with Crippen LogP contribution in [-0.2, 0) is 21.7 Å². The molecule has 0 unspecified atom stereocenters. The molecule has 0 N–H and O–H groups in total. The first-order valence-electron chi connectivity index (χ1n) is 46.9. The van der Waals surface area contributed by atoms with Crippen LogP contribution in [0, 0.1) is 0 Å². The highest BCUT2D eigenvalue weighted by atomic mass is 14.4. The van der Waals surface area contributed by atoms with E-state index in [1.54, 1.807) is 0 Å². The van der Waals surface area contributed by atoms with Gasteiger partial charge in [0.05, 0.1) is 0 Å². The number of fused-ring (bicyclic) bond motifs is 24. The minimum absolute atomic E-state index is 0.0544. The lowest BCUT2D eigenvalue weighted by Crippen LogP contribution is -2.15. The second kappa shape index (κ2) is 29.0. The molecule has 0 saturated carbocycles. The second-order valence-electron chi connectivity index (χ2n) is 39.6. The lowest BCUT2D eigenvalue weighted by molar-refractivity contribution is 0.660. The third-order valence-electron chi connectivity index (χ3n) is 31.0. The quantitative estimate of drug-likeness (QED) is 0.105. The van der Waals surface area contributed by atoms with Crippen molar-refractivity contribution in [3.8, 4) is 134 Å². The van der Waals surface area contributed by atoms with E-state index in [2.05, 4.69) is 480 Å². The molecule has 0 atom stereocenters. The summed E-state index contributed by atoms with van der Waals surface area (Å²) in [6.07, 6.45) is 0. The molecule has 0 amide bonds. The van der Waals surface area contributed by atoms with Crippen molar-refractivity contribution in [3.63, 3.8) is 0 Å². The third kappa shape index (κ3) is 11.6. The molecule has 132 heavy (non-hydrogen) atoms. The van der Waals surface area contributed by atoms with E-state index in [0.29, 0.717) is 0 Å². The first kappa shape index (κ1) is 77.5. The first-order chi connectivity index (χ1) is 64.5. The average Bonchev–Trinajstić information content (AvgIpc) is 1.53. The zero-order valence-corrected chi connectivity index (χ0v) is 75.4. The van der Waals surface area contributed by atoms with Crippen molar-refractivity contribution in [2.24, 2.45) is 0 Å². The van der Waals surface area contributed by atoms with Gasteiger partial charge in [-0.15, -0.1) is 0 Å². The van der Waals surface area contributed by atoms with Gasteiger partial charge in [0.25, 0.3) is 0 Å². The summed E-state index contributed by atoms with van der Waals surface area (Å²) in [5.41, 5.74) is 41.6. The summed E-state index contributed by atoms with van der Waals surface area (Å²) in [6.45, 7) is 19.1. The van der Waals surface area contributed by atoms with Crippen LogP contribution in [0.5, 0.6) is 0 Å². The van der Waals surface area contributed by atoms with E-state index in [-0.39, 0.29) is 21.7 Å². The van der Waals surface area contributed by atoms with Crippen LogP contribution in [-0.4, -0.2) is 0 Å². The molecule has 0 radical (unpaired) electrons. The van der Waals surface area contributed by atoms with Gasteiger partial charge in [0.15, 0.2) is 0 Å². The van der Waals surface area contributed by atoms with Gasteiger partial charge in [0, 0.05) is 21.7 Å². The number of rotatable bonds is 8. The molecule has 0 heteroatoms. The van der Waals surface area contributed by atoms with Crippen LogP contribution in [0.2, 0.25) is 0 Å². The van der Waals surface area contributed by atoms with Gasteiger partial charge < -0.3 is 0 Å². The zero-order chi connectivity index (χ0) is 88.4. The average molecular weight is 1680 g/mol. The normalized spacial score (nSPS) is 14.2. The predicted molar refractivity (Wildman–Crippen MR) is 564 cm³/mol. The molecule has 23 aromatic rings. The van der Waals surface area contributed by atoms with Gasteiger partial charge in [-0.25, -0.2) is 0 Å². The minimum Gasteiger partial charge on any atom is -0.0619 e. The highest BCUT2D eigenvalue weighted by molar-refractivity contribution is 6.25. The summed E-state index contributed by atoms with van der Waals surface area (Å²) in [4.78, 5) is 0. The molecule has 0 aromatic heterocycles. The van der Waals surface area contributed by atoms with E-state index in [0.717, 1.165) is 0 Å². The Morgan fingerprint density at radius 1 is 0.121 bits per heavy atom. The monoisotopic (exact) mass is 1680 g/mol. The van der Waals surface area contributed by atoms with Crippen LogP contribution in [0.4, 0.5) is 0 Å². The molecular formula is C132H94. The van der Waals surface area contributed by atoms with Crippen molar-refractivity contribution in [2.75, 3.05) is 0 Å². The Kier molecular flexibility index (Phi) is 17.0. The Labute approximate surface area is 771 Å². The minimum atomic E-state index is -0.113. The molecule has 23 aromatic carbocycles. The summed E-state index contributed by atoms with van der Waals surface area (Å²) in [7, 11) is 0. The van der Waals surface area contributed by atoms with E-state index in [1.165, 1.54) is 275 Å². The topological polar surface area (TPSA) is 0 Å². The Bertz CT molecular complexity index is 8920. The summed E-state index contributed by atoms with van der Waals surface area (Å²) in [5.74, 6) is 0. The summed E-state index contributed by atoms with van der Waals surface area (Å²) in [5, 5.41) is 23.1. The fourth-order valence-corrected chi connectivity index (χ4v) is 24.4. The van der Waals surface area contributed by atoms with Crippen molar-refractivity contribution in [2.45, 2.75) is 77.0 Å². The fourth-order valence-electron chi connectivity index (χ4n) is 24.4. The van der Waals surface area contributed by atoms with Crippen molar-refractivity contribution >= 4 is 97.0 Å². The van der Waals surface area contributed by atoms with Crippen LogP contribution in [0.25, 0.3) is 230 Å².